The highest BCUT2D eigenvalue weighted by molar-refractivity contribution is 5.89. The molecular formula is C17H18N2O3. The summed E-state index contributed by atoms with van der Waals surface area (Å²) in [6.45, 7) is 1.93. The molecule has 114 valence electrons. The molecule has 0 spiro atoms. The molecule has 0 amide bonds. The van der Waals surface area contributed by atoms with Crippen LogP contribution in [-0.4, -0.2) is 35.3 Å². The van der Waals surface area contributed by atoms with Crippen LogP contribution >= 0.6 is 0 Å². The maximum atomic E-state index is 11.1. The molecule has 0 aliphatic carbocycles. The first-order valence-electron chi connectivity index (χ1n) is 7.40. The van der Waals surface area contributed by atoms with Gasteiger partial charge in [0.1, 0.15) is 6.10 Å². The molecule has 0 radical (unpaired) electrons. The molecule has 5 nitrogen and oxygen atoms in total. The second kappa shape index (κ2) is 6.58. The van der Waals surface area contributed by atoms with Crippen molar-refractivity contribution in [1.82, 2.24) is 10.3 Å². The van der Waals surface area contributed by atoms with E-state index in [4.69, 9.17) is 9.84 Å². The molecule has 0 bridgehead atoms. The molecule has 22 heavy (non-hydrogen) atoms. The average molecular weight is 298 g/mol. The molecule has 3 rings (SSSR count). The summed E-state index contributed by atoms with van der Waals surface area (Å²) in [5, 5.41) is 12.4. The molecule has 1 aromatic carbocycles. The van der Waals surface area contributed by atoms with Crippen molar-refractivity contribution in [3.8, 4) is 17.1 Å². The van der Waals surface area contributed by atoms with Gasteiger partial charge in [-0.15, -0.1) is 0 Å². The van der Waals surface area contributed by atoms with Gasteiger partial charge in [-0.2, -0.15) is 0 Å². The van der Waals surface area contributed by atoms with E-state index in [2.05, 4.69) is 10.3 Å². The van der Waals surface area contributed by atoms with Crippen molar-refractivity contribution in [2.75, 3.05) is 13.1 Å². The maximum Gasteiger partial charge on any atom is 0.335 e. The first-order chi connectivity index (χ1) is 10.7. The van der Waals surface area contributed by atoms with Gasteiger partial charge < -0.3 is 15.2 Å². The second-order valence-electron chi connectivity index (χ2n) is 5.31. The van der Waals surface area contributed by atoms with Gasteiger partial charge in [0.2, 0.25) is 5.88 Å². The third-order valence-electron chi connectivity index (χ3n) is 3.70. The number of carboxylic acid groups (broad SMARTS) is 1. The van der Waals surface area contributed by atoms with Crippen LogP contribution in [0.5, 0.6) is 5.88 Å². The second-order valence-corrected chi connectivity index (χ2v) is 5.31. The topological polar surface area (TPSA) is 71.5 Å². The fourth-order valence-corrected chi connectivity index (χ4v) is 2.54. The Labute approximate surface area is 129 Å². The number of nitrogens with one attached hydrogen (secondary N) is 1. The molecule has 5 heteroatoms. The van der Waals surface area contributed by atoms with Gasteiger partial charge in [-0.1, -0.05) is 18.2 Å². The van der Waals surface area contributed by atoms with E-state index in [1.54, 1.807) is 18.2 Å². The van der Waals surface area contributed by atoms with Crippen molar-refractivity contribution in [2.24, 2.45) is 0 Å². The number of nitrogens with zero attached hydrogens (tertiary/aromatic N) is 1. The summed E-state index contributed by atoms with van der Waals surface area (Å²) in [6, 6.07) is 12.3. The lowest BCUT2D eigenvalue weighted by atomic mass is 10.1. The Hall–Kier alpha value is -2.40. The van der Waals surface area contributed by atoms with Crippen LogP contribution in [0.1, 0.15) is 23.2 Å². The van der Waals surface area contributed by atoms with E-state index in [1.165, 1.54) is 0 Å². The van der Waals surface area contributed by atoms with Crippen molar-refractivity contribution < 1.29 is 14.6 Å². The standard InChI is InChI=1S/C17H18N2O3/c20-17(21)13-4-1-3-12(11-13)15-5-2-6-16(19-15)22-14-7-9-18-10-8-14/h1-6,11,14,18H,7-10H2,(H,20,21). The number of benzene rings is 1. The molecule has 0 unspecified atom stereocenters. The number of ether oxygens (including phenoxy) is 1. The van der Waals surface area contributed by atoms with Crippen LogP contribution in [0, 0.1) is 0 Å². The van der Waals surface area contributed by atoms with Crippen LogP contribution in [0.2, 0.25) is 0 Å². The van der Waals surface area contributed by atoms with Crippen molar-refractivity contribution in [1.29, 1.82) is 0 Å². The number of aromatic nitrogens is 1. The Bertz CT molecular complexity index is 666. The number of aromatic carboxylic acids is 1. The molecule has 1 aliphatic rings. The van der Waals surface area contributed by atoms with Crippen molar-refractivity contribution >= 4 is 5.97 Å². The van der Waals surface area contributed by atoms with E-state index in [0.717, 1.165) is 37.2 Å². The predicted molar refractivity (Wildman–Crippen MR) is 83.2 cm³/mol. The smallest absolute Gasteiger partial charge is 0.335 e. The molecule has 2 heterocycles. The predicted octanol–water partition coefficient (Wildman–Crippen LogP) is 2.58. The Morgan fingerprint density at radius 2 is 1.95 bits per heavy atom. The molecule has 2 aromatic rings. The number of carboxylic acids is 1. The van der Waals surface area contributed by atoms with Gasteiger partial charge >= 0.3 is 5.97 Å². The van der Waals surface area contributed by atoms with E-state index in [-0.39, 0.29) is 11.7 Å². The van der Waals surface area contributed by atoms with E-state index in [1.807, 2.05) is 24.3 Å². The van der Waals surface area contributed by atoms with Gasteiger partial charge in [-0.3, -0.25) is 0 Å². The van der Waals surface area contributed by atoms with Crippen LogP contribution in [0.15, 0.2) is 42.5 Å². The Morgan fingerprint density at radius 3 is 2.73 bits per heavy atom. The summed E-state index contributed by atoms with van der Waals surface area (Å²) in [5.74, 6) is -0.353. The zero-order valence-electron chi connectivity index (χ0n) is 12.2. The summed E-state index contributed by atoms with van der Waals surface area (Å²) in [6.07, 6.45) is 2.13. The summed E-state index contributed by atoms with van der Waals surface area (Å²) < 4.78 is 5.93. The largest absolute Gasteiger partial charge is 0.478 e. The van der Waals surface area contributed by atoms with Crippen LogP contribution in [0.3, 0.4) is 0 Å². The van der Waals surface area contributed by atoms with Crippen molar-refractivity contribution in [2.45, 2.75) is 18.9 Å². The summed E-state index contributed by atoms with van der Waals surface area (Å²) >= 11 is 0. The third kappa shape index (κ3) is 3.43. The Balaban J connectivity index is 1.81. The molecule has 1 aliphatic heterocycles. The van der Waals surface area contributed by atoms with Gasteiger partial charge in [0, 0.05) is 11.6 Å². The van der Waals surface area contributed by atoms with Crippen molar-refractivity contribution in [3.63, 3.8) is 0 Å². The highest BCUT2D eigenvalue weighted by Gasteiger charge is 2.15. The van der Waals surface area contributed by atoms with E-state index < -0.39 is 5.97 Å². The highest BCUT2D eigenvalue weighted by atomic mass is 16.5. The SMILES string of the molecule is O=C(O)c1cccc(-c2cccc(OC3CCNCC3)n2)c1. The lowest BCUT2D eigenvalue weighted by molar-refractivity contribution is 0.0697. The zero-order chi connectivity index (χ0) is 15.4. The van der Waals surface area contributed by atoms with Crippen molar-refractivity contribution in [3.05, 3.63) is 48.0 Å². The normalized spacial score (nSPS) is 15.5. The fourth-order valence-electron chi connectivity index (χ4n) is 2.54. The number of rotatable bonds is 4. The molecule has 0 atom stereocenters. The van der Waals surface area contributed by atoms with Gasteiger partial charge in [-0.05, 0) is 44.1 Å². The van der Waals surface area contributed by atoms with Crippen LogP contribution in [0.25, 0.3) is 11.3 Å². The van der Waals surface area contributed by atoms with Gasteiger partial charge in [0.15, 0.2) is 0 Å². The molecule has 0 saturated carbocycles. The third-order valence-corrected chi connectivity index (χ3v) is 3.70. The van der Waals surface area contributed by atoms with E-state index in [9.17, 15) is 4.79 Å². The molecular weight excluding hydrogens is 280 g/mol. The first-order valence-corrected chi connectivity index (χ1v) is 7.40. The number of piperidine rings is 1. The number of hydrogen-bond acceptors (Lipinski definition) is 4. The van der Waals surface area contributed by atoms with E-state index >= 15 is 0 Å². The van der Waals surface area contributed by atoms with Gasteiger partial charge in [-0.25, -0.2) is 9.78 Å². The molecule has 1 fully saturated rings. The zero-order valence-corrected chi connectivity index (χ0v) is 12.2. The minimum Gasteiger partial charge on any atom is -0.478 e. The number of hydrogen-bond donors (Lipinski definition) is 2. The number of pyridine rings is 1. The molecule has 1 aromatic heterocycles. The van der Waals surface area contributed by atoms with Crippen LogP contribution in [-0.2, 0) is 0 Å². The monoisotopic (exact) mass is 298 g/mol. The van der Waals surface area contributed by atoms with Gasteiger partial charge in [0.25, 0.3) is 0 Å². The van der Waals surface area contributed by atoms with E-state index in [0.29, 0.717) is 5.88 Å². The maximum absolute atomic E-state index is 11.1. The van der Waals surface area contributed by atoms with Gasteiger partial charge in [0.05, 0.1) is 11.3 Å². The minimum absolute atomic E-state index is 0.189. The lowest BCUT2D eigenvalue weighted by Gasteiger charge is -2.23. The lowest BCUT2D eigenvalue weighted by Crippen LogP contribution is -2.34. The number of carbonyl (C=O) groups is 1. The summed E-state index contributed by atoms with van der Waals surface area (Å²) in [4.78, 5) is 15.6. The highest BCUT2D eigenvalue weighted by Crippen LogP contribution is 2.22. The Kier molecular flexibility index (Phi) is 4.34. The fraction of sp³-hybridized carbons (Fsp3) is 0.294. The first kappa shape index (κ1) is 14.5. The van der Waals surface area contributed by atoms with Crippen LogP contribution in [0.4, 0.5) is 0 Å². The molecule has 1 saturated heterocycles. The Morgan fingerprint density at radius 1 is 1.18 bits per heavy atom. The quantitative estimate of drug-likeness (QED) is 0.907. The summed E-state index contributed by atoms with van der Waals surface area (Å²) in [7, 11) is 0. The van der Waals surface area contributed by atoms with Crippen LogP contribution < -0.4 is 10.1 Å². The minimum atomic E-state index is -0.941. The summed E-state index contributed by atoms with van der Waals surface area (Å²) in [5.41, 5.74) is 1.74. The average Bonchev–Trinajstić information content (AvgIpc) is 2.56. The molecule has 2 N–H and O–H groups in total.